The van der Waals surface area contributed by atoms with Gasteiger partial charge in [-0.3, -0.25) is 19.3 Å². The monoisotopic (exact) mass is 450 g/mol. The van der Waals surface area contributed by atoms with Crippen molar-refractivity contribution in [1.82, 2.24) is 10.2 Å². The van der Waals surface area contributed by atoms with E-state index in [9.17, 15) is 14.4 Å². The second kappa shape index (κ2) is 8.24. The third-order valence-corrected chi connectivity index (χ3v) is 7.65. The molecule has 0 aromatic heterocycles. The molecular formula is C29H26N2O3. The van der Waals surface area contributed by atoms with Crippen molar-refractivity contribution in [3.05, 3.63) is 106 Å². The summed E-state index contributed by atoms with van der Waals surface area (Å²) in [5.41, 5.74) is 6.53. The van der Waals surface area contributed by atoms with Gasteiger partial charge < -0.3 is 5.32 Å². The lowest BCUT2D eigenvalue weighted by molar-refractivity contribution is -0.121. The molecule has 3 aliphatic carbocycles. The molecule has 3 aromatic rings. The normalized spacial score (nSPS) is 21.8. The SMILES string of the molecule is O=C(CCCN1C(=O)c2ccccc2C1=O)NCC1CC2c3ccccc3C1c1ccccc12. The number of nitrogens with zero attached hydrogens (tertiary/aromatic N) is 1. The number of carbonyl (C=O) groups excluding carboxylic acids is 3. The van der Waals surface area contributed by atoms with Crippen molar-refractivity contribution in [2.75, 3.05) is 13.1 Å². The number of rotatable bonds is 6. The van der Waals surface area contributed by atoms with Crippen LogP contribution >= 0.6 is 0 Å². The molecule has 1 unspecified atom stereocenters. The minimum Gasteiger partial charge on any atom is -0.356 e. The molecule has 1 atom stereocenters. The summed E-state index contributed by atoms with van der Waals surface area (Å²) in [6.07, 6.45) is 1.79. The Balaban J connectivity index is 1.07. The standard InChI is InChI=1S/C29H26N2O3/c32-26(14-7-15-31-28(33)23-12-5-6-13-24(23)29(31)34)30-17-18-16-25-19-8-1-3-10-21(19)27(18)22-11-4-2-9-20(22)25/h1-6,8-13,18,25,27H,7,14-17H2,(H,30,32). The first-order valence-corrected chi connectivity index (χ1v) is 12.0. The van der Waals surface area contributed by atoms with Crippen molar-refractivity contribution in [2.45, 2.75) is 31.1 Å². The molecule has 5 heteroatoms. The van der Waals surface area contributed by atoms with Gasteiger partial charge >= 0.3 is 0 Å². The van der Waals surface area contributed by atoms with E-state index in [-0.39, 0.29) is 24.3 Å². The van der Waals surface area contributed by atoms with Gasteiger partial charge in [-0.1, -0.05) is 60.7 Å². The molecule has 0 radical (unpaired) electrons. The fourth-order valence-corrected chi connectivity index (χ4v) is 6.13. The van der Waals surface area contributed by atoms with Crippen LogP contribution < -0.4 is 5.32 Å². The largest absolute Gasteiger partial charge is 0.356 e. The van der Waals surface area contributed by atoms with E-state index in [2.05, 4.69) is 53.8 Å². The Hall–Kier alpha value is -3.73. The van der Waals surface area contributed by atoms with Crippen molar-refractivity contribution < 1.29 is 14.4 Å². The van der Waals surface area contributed by atoms with Crippen LogP contribution in [0.25, 0.3) is 0 Å². The number of imide groups is 1. The van der Waals surface area contributed by atoms with Gasteiger partial charge in [-0.25, -0.2) is 0 Å². The number of hydrogen-bond donors (Lipinski definition) is 1. The van der Waals surface area contributed by atoms with E-state index in [0.29, 0.717) is 48.3 Å². The summed E-state index contributed by atoms with van der Waals surface area (Å²) >= 11 is 0. The third-order valence-electron chi connectivity index (χ3n) is 7.65. The van der Waals surface area contributed by atoms with Crippen LogP contribution in [-0.2, 0) is 4.79 Å². The zero-order valence-electron chi connectivity index (χ0n) is 18.9. The lowest BCUT2D eigenvalue weighted by atomic mass is 9.59. The fraction of sp³-hybridized carbons (Fsp3) is 0.276. The summed E-state index contributed by atoms with van der Waals surface area (Å²) in [6.45, 7) is 0.893. The molecule has 0 saturated carbocycles. The van der Waals surface area contributed by atoms with Gasteiger partial charge in [-0.2, -0.15) is 0 Å². The highest BCUT2D eigenvalue weighted by Crippen LogP contribution is 2.55. The Kier molecular flexibility index (Phi) is 5.05. The molecular weight excluding hydrogens is 424 g/mol. The summed E-state index contributed by atoms with van der Waals surface area (Å²) in [5.74, 6) is 0.479. The maximum Gasteiger partial charge on any atom is 0.261 e. The number of amides is 3. The van der Waals surface area contributed by atoms with Crippen LogP contribution in [0.3, 0.4) is 0 Å². The zero-order chi connectivity index (χ0) is 23.2. The summed E-state index contributed by atoms with van der Waals surface area (Å²) < 4.78 is 0. The summed E-state index contributed by atoms with van der Waals surface area (Å²) in [4.78, 5) is 38.9. The van der Waals surface area contributed by atoms with Crippen LogP contribution in [0.4, 0.5) is 0 Å². The Labute approximate surface area is 198 Å². The van der Waals surface area contributed by atoms with Crippen LogP contribution in [0.15, 0.2) is 72.8 Å². The van der Waals surface area contributed by atoms with Crippen LogP contribution in [0.1, 0.15) is 74.1 Å². The van der Waals surface area contributed by atoms with Gasteiger partial charge in [0.2, 0.25) is 5.91 Å². The van der Waals surface area contributed by atoms with Crippen molar-refractivity contribution >= 4 is 17.7 Å². The van der Waals surface area contributed by atoms with Gasteiger partial charge in [0.25, 0.3) is 11.8 Å². The van der Waals surface area contributed by atoms with Crippen LogP contribution in [0.5, 0.6) is 0 Å². The minimum absolute atomic E-state index is 0.0281. The van der Waals surface area contributed by atoms with Gasteiger partial charge in [0.05, 0.1) is 11.1 Å². The Morgan fingerprint density at radius 3 is 1.91 bits per heavy atom. The van der Waals surface area contributed by atoms with E-state index >= 15 is 0 Å². The molecule has 5 nitrogen and oxygen atoms in total. The highest BCUT2D eigenvalue weighted by atomic mass is 16.2. The molecule has 3 aromatic carbocycles. The quantitative estimate of drug-likeness (QED) is 0.564. The molecule has 4 aliphatic rings. The van der Waals surface area contributed by atoms with Crippen molar-refractivity contribution in [3.63, 3.8) is 0 Å². The summed E-state index contributed by atoms with van der Waals surface area (Å²) in [6, 6.07) is 24.3. The van der Waals surface area contributed by atoms with E-state index in [0.717, 1.165) is 6.42 Å². The fourth-order valence-electron chi connectivity index (χ4n) is 6.13. The molecule has 0 fully saturated rings. The summed E-state index contributed by atoms with van der Waals surface area (Å²) in [5, 5.41) is 3.14. The van der Waals surface area contributed by atoms with Gasteiger partial charge in [0, 0.05) is 31.3 Å². The lowest BCUT2D eigenvalue weighted by Crippen LogP contribution is -2.39. The minimum atomic E-state index is -0.267. The molecule has 1 heterocycles. The second-order valence-corrected chi connectivity index (χ2v) is 9.50. The van der Waals surface area contributed by atoms with E-state index in [1.807, 2.05) is 0 Å². The highest BCUT2D eigenvalue weighted by molar-refractivity contribution is 6.21. The van der Waals surface area contributed by atoms with Crippen molar-refractivity contribution in [2.24, 2.45) is 5.92 Å². The van der Waals surface area contributed by atoms with Gasteiger partial charge in [0.1, 0.15) is 0 Å². The second-order valence-electron chi connectivity index (χ2n) is 9.50. The molecule has 3 amide bonds. The predicted octanol–water partition coefficient (Wildman–Crippen LogP) is 4.48. The molecule has 34 heavy (non-hydrogen) atoms. The van der Waals surface area contributed by atoms with Crippen LogP contribution in [0, 0.1) is 5.92 Å². The third kappa shape index (κ3) is 3.26. The zero-order valence-corrected chi connectivity index (χ0v) is 18.9. The molecule has 1 aliphatic heterocycles. The highest BCUT2D eigenvalue weighted by Gasteiger charge is 2.43. The average molecular weight is 451 g/mol. The lowest BCUT2D eigenvalue weighted by Gasteiger charge is -2.45. The van der Waals surface area contributed by atoms with E-state index in [1.165, 1.54) is 27.2 Å². The Morgan fingerprint density at radius 1 is 0.794 bits per heavy atom. The van der Waals surface area contributed by atoms with Crippen molar-refractivity contribution in [1.29, 1.82) is 0 Å². The average Bonchev–Trinajstić information content (AvgIpc) is 3.12. The number of benzene rings is 3. The number of carbonyl (C=O) groups is 3. The van der Waals surface area contributed by atoms with Gasteiger partial charge in [-0.05, 0) is 53.1 Å². The Morgan fingerprint density at radius 2 is 1.32 bits per heavy atom. The van der Waals surface area contributed by atoms with Crippen LogP contribution in [0.2, 0.25) is 0 Å². The first-order chi connectivity index (χ1) is 16.6. The summed E-state index contributed by atoms with van der Waals surface area (Å²) in [7, 11) is 0. The topological polar surface area (TPSA) is 66.5 Å². The first-order valence-electron chi connectivity index (χ1n) is 12.0. The number of fused-ring (bicyclic) bond motifs is 2. The van der Waals surface area contributed by atoms with E-state index in [4.69, 9.17) is 0 Å². The number of hydrogen-bond acceptors (Lipinski definition) is 3. The molecule has 1 N–H and O–H groups in total. The molecule has 2 bridgehead atoms. The van der Waals surface area contributed by atoms with E-state index in [1.54, 1.807) is 24.3 Å². The number of nitrogens with one attached hydrogen (secondary N) is 1. The maximum absolute atomic E-state index is 12.6. The molecule has 7 rings (SSSR count). The smallest absolute Gasteiger partial charge is 0.261 e. The Bertz CT molecular complexity index is 1230. The van der Waals surface area contributed by atoms with E-state index < -0.39 is 0 Å². The predicted molar refractivity (Wildman–Crippen MR) is 129 cm³/mol. The maximum atomic E-state index is 12.6. The van der Waals surface area contributed by atoms with Gasteiger partial charge in [0.15, 0.2) is 0 Å². The van der Waals surface area contributed by atoms with Crippen molar-refractivity contribution in [3.8, 4) is 0 Å². The van der Waals surface area contributed by atoms with Gasteiger partial charge in [-0.15, -0.1) is 0 Å². The van der Waals surface area contributed by atoms with Crippen LogP contribution in [-0.4, -0.2) is 35.7 Å². The first kappa shape index (κ1) is 20.8. The molecule has 0 saturated heterocycles. The molecule has 170 valence electrons. The molecule has 0 spiro atoms.